The summed E-state index contributed by atoms with van der Waals surface area (Å²) >= 11 is 0. The number of hydrogen-bond acceptors (Lipinski definition) is 4. The van der Waals surface area contributed by atoms with Crippen molar-refractivity contribution in [3.05, 3.63) is 48.9 Å². The summed E-state index contributed by atoms with van der Waals surface area (Å²) in [5.41, 5.74) is 3.22. The second-order valence-electron chi connectivity index (χ2n) is 3.95. The summed E-state index contributed by atoms with van der Waals surface area (Å²) in [6.45, 7) is 0. The minimum absolute atomic E-state index is 0.638. The molecule has 4 heteroatoms. The molecule has 18 heavy (non-hydrogen) atoms. The lowest BCUT2D eigenvalue weighted by molar-refractivity contribution is 1.19. The van der Waals surface area contributed by atoms with Crippen LogP contribution in [0.4, 0.5) is 5.95 Å². The van der Waals surface area contributed by atoms with Gasteiger partial charge in [0.25, 0.3) is 0 Å². The molecule has 0 unspecified atom stereocenters. The summed E-state index contributed by atoms with van der Waals surface area (Å²) in [4.78, 5) is 12.6. The van der Waals surface area contributed by atoms with Crippen molar-refractivity contribution in [3.63, 3.8) is 0 Å². The summed E-state index contributed by atoms with van der Waals surface area (Å²) < 4.78 is 0. The fraction of sp³-hybridized carbons (Fsp3) is 0.0714. The lowest BCUT2D eigenvalue weighted by Crippen LogP contribution is -1.95. The Balaban J connectivity index is 2.12. The topological polar surface area (TPSA) is 50.7 Å². The summed E-state index contributed by atoms with van der Waals surface area (Å²) in [7, 11) is 1.81. The van der Waals surface area contributed by atoms with E-state index in [0.717, 1.165) is 22.0 Å². The van der Waals surface area contributed by atoms with Crippen molar-refractivity contribution in [2.45, 2.75) is 0 Å². The first kappa shape index (κ1) is 10.7. The lowest BCUT2D eigenvalue weighted by atomic mass is 10.1. The second-order valence-corrected chi connectivity index (χ2v) is 3.95. The molecule has 0 spiro atoms. The summed E-state index contributed by atoms with van der Waals surface area (Å²) in [5.74, 6) is 0.638. The Labute approximate surface area is 105 Å². The number of benzene rings is 1. The number of pyridine rings is 1. The van der Waals surface area contributed by atoms with E-state index in [1.165, 1.54) is 0 Å². The predicted molar refractivity (Wildman–Crippen MR) is 72.3 cm³/mol. The lowest BCUT2D eigenvalue weighted by Gasteiger charge is -2.04. The molecule has 3 aromatic rings. The molecule has 0 aliphatic carbocycles. The Morgan fingerprint density at radius 2 is 1.83 bits per heavy atom. The van der Waals surface area contributed by atoms with E-state index in [1.54, 1.807) is 12.4 Å². The second kappa shape index (κ2) is 4.41. The van der Waals surface area contributed by atoms with Crippen molar-refractivity contribution in [3.8, 4) is 11.1 Å². The van der Waals surface area contributed by atoms with Crippen molar-refractivity contribution >= 4 is 16.9 Å². The van der Waals surface area contributed by atoms with Crippen LogP contribution in [-0.4, -0.2) is 22.0 Å². The van der Waals surface area contributed by atoms with Gasteiger partial charge in [-0.2, -0.15) is 0 Å². The monoisotopic (exact) mass is 236 g/mol. The van der Waals surface area contributed by atoms with E-state index in [9.17, 15) is 0 Å². The zero-order chi connectivity index (χ0) is 12.4. The molecular formula is C14H12N4. The molecule has 0 amide bonds. The van der Waals surface area contributed by atoms with Gasteiger partial charge in [0.1, 0.15) is 0 Å². The van der Waals surface area contributed by atoms with Gasteiger partial charge in [-0.3, -0.25) is 4.98 Å². The smallest absolute Gasteiger partial charge is 0.222 e. The number of fused-ring (bicyclic) bond motifs is 1. The van der Waals surface area contributed by atoms with Crippen LogP contribution in [0, 0.1) is 0 Å². The predicted octanol–water partition coefficient (Wildman–Crippen LogP) is 2.73. The summed E-state index contributed by atoms with van der Waals surface area (Å²) in [5, 5.41) is 3.97. The fourth-order valence-corrected chi connectivity index (χ4v) is 1.88. The van der Waals surface area contributed by atoms with Crippen LogP contribution in [0.15, 0.2) is 48.9 Å². The largest absolute Gasteiger partial charge is 0.357 e. The molecule has 0 aliphatic heterocycles. The maximum Gasteiger partial charge on any atom is 0.222 e. The van der Waals surface area contributed by atoms with Crippen molar-refractivity contribution in [1.29, 1.82) is 0 Å². The van der Waals surface area contributed by atoms with Crippen LogP contribution in [0.1, 0.15) is 0 Å². The minimum Gasteiger partial charge on any atom is -0.357 e. The van der Waals surface area contributed by atoms with Crippen LogP contribution in [0.25, 0.3) is 22.0 Å². The third kappa shape index (κ3) is 1.88. The molecule has 3 rings (SSSR count). The molecule has 0 bridgehead atoms. The molecule has 2 aromatic heterocycles. The van der Waals surface area contributed by atoms with Crippen molar-refractivity contribution in [1.82, 2.24) is 15.0 Å². The Bertz CT molecular complexity index is 680. The summed E-state index contributed by atoms with van der Waals surface area (Å²) in [6.07, 6.45) is 5.42. The molecule has 0 radical (unpaired) electrons. The standard InChI is InChI=1S/C14H12N4/c1-15-14-17-9-12-8-11(2-3-13(12)18-14)10-4-6-16-7-5-10/h2-9H,1H3,(H,15,17,18). The Kier molecular flexibility index (Phi) is 2.61. The first-order valence-corrected chi connectivity index (χ1v) is 5.72. The first-order chi connectivity index (χ1) is 8.86. The normalized spacial score (nSPS) is 10.5. The van der Waals surface area contributed by atoms with Gasteiger partial charge < -0.3 is 5.32 Å². The van der Waals surface area contributed by atoms with Crippen LogP contribution in [0.3, 0.4) is 0 Å². The van der Waals surface area contributed by atoms with Gasteiger partial charge in [0, 0.05) is 31.0 Å². The molecule has 0 saturated heterocycles. The Morgan fingerprint density at radius 1 is 1.00 bits per heavy atom. The first-order valence-electron chi connectivity index (χ1n) is 5.72. The third-order valence-corrected chi connectivity index (χ3v) is 2.82. The highest BCUT2D eigenvalue weighted by Gasteiger charge is 2.01. The zero-order valence-corrected chi connectivity index (χ0v) is 9.96. The average Bonchev–Trinajstić information content (AvgIpc) is 2.47. The van der Waals surface area contributed by atoms with Gasteiger partial charge in [-0.15, -0.1) is 0 Å². The van der Waals surface area contributed by atoms with Crippen molar-refractivity contribution < 1.29 is 0 Å². The van der Waals surface area contributed by atoms with E-state index in [1.807, 2.05) is 31.4 Å². The molecule has 1 N–H and O–H groups in total. The molecule has 88 valence electrons. The van der Waals surface area contributed by atoms with E-state index in [0.29, 0.717) is 5.95 Å². The van der Waals surface area contributed by atoms with E-state index >= 15 is 0 Å². The van der Waals surface area contributed by atoms with Gasteiger partial charge in [-0.05, 0) is 35.4 Å². The van der Waals surface area contributed by atoms with Gasteiger partial charge >= 0.3 is 0 Å². The van der Waals surface area contributed by atoms with Gasteiger partial charge in [-0.1, -0.05) is 6.07 Å². The molecular weight excluding hydrogens is 224 g/mol. The van der Waals surface area contributed by atoms with E-state index in [2.05, 4.69) is 32.4 Å². The third-order valence-electron chi connectivity index (χ3n) is 2.82. The quantitative estimate of drug-likeness (QED) is 0.743. The fourth-order valence-electron chi connectivity index (χ4n) is 1.88. The van der Waals surface area contributed by atoms with Crippen LogP contribution >= 0.6 is 0 Å². The highest BCUT2D eigenvalue weighted by atomic mass is 15.1. The van der Waals surface area contributed by atoms with E-state index < -0.39 is 0 Å². The van der Waals surface area contributed by atoms with Crippen molar-refractivity contribution in [2.75, 3.05) is 12.4 Å². The van der Waals surface area contributed by atoms with Crippen molar-refractivity contribution in [2.24, 2.45) is 0 Å². The molecule has 0 atom stereocenters. The van der Waals surface area contributed by atoms with Gasteiger partial charge in [0.15, 0.2) is 0 Å². The highest BCUT2D eigenvalue weighted by molar-refractivity contribution is 5.84. The Morgan fingerprint density at radius 3 is 2.61 bits per heavy atom. The highest BCUT2D eigenvalue weighted by Crippen LogP contribution is 2.23. The summed E-state index contributed by atoms with van der Waals surface area (Å²) in [6, 6.07) is 10.1. The van der Waals surface area contributed by atoms with Crippen LogP contribution < -0.4 is 5.32 Å². The van der Waals surface area contributed by atoms with Crippen LogP contribution in [-0.2, 0) is 0 Å². The maximum absolute atomic E-state index is 4.39. The SMILES string of the molecule is CNc1ncc2cc(-c3ccncc3)ccc2n1. The number of anilines is 1. The zero-order valence-electron chi connectivity index (χ0n) is 9.96. The number of nitrogens with zero attached hydrogens (tertiary/aromatic N) is 3. The average molecular weight is 236 g/mol. The van der Waals surface area contributed by atoms with Gasteiger partial charge in [-0.25, -0.2) is 9.97 Å². The number of nitrogens with one attached hydrogen (secondary N) is 1. The van der Waals surface area contributed by atoms with Gasteiger partial charge in [0.05, 0.1) is 5.52 Å². The van der Waals surface area contributed by atoms with E-state index in [4.69, 9.17) is 0 Å². The molecule has 0 aliphatic rings. The number of hydrogen-bond donors (Lipinski definition) is 1. The van der Waals surface area contributed by atoms with Crippen LogP contribution in [0.2, 0.25) is 0 Å². The molecule has 2 heterocycles. The minimum atomic E-state index is 0.638. The number of rotatable bonds is 2. The molecule has 0 saturated carbocycles. The molecule has 0 fully saturated rings. The Hall–Kier alpha value is -2.49. The van der Waals surface area contributed by atoms with Gasteiger partial charge in [0.2, 0.25) is 5.95 Å². The maximum atomic E-state index is 4.39. The molecule has 1 aromatic carbocycles. The van der Waals surface area contributed by atoms with E-state index in [-0.39, 0.29) is 0 Å². The molecule has 4 nitrogen and oxygen atoms in total. The van der Waals surface area contributed by atoms with Crippen LogP contribution in [0.5, 0.6) is 0 Å². The number of aromatic nitrogens is 3.